The van der Waals surface area contributed by atoms with Gasteiger partial charge in [-0.2, -0.15) is 18.0 Å². The lowest BCUT2D eigenvalue weighted by Gasteiger charge is -2.07. The minimum absolute atomic E-state index is 0.0667. The first kappa shape index (κ1) is 16.9. The number of rotatable bonds is 5. The molecule has 130 valence electrons. The molecule has 3 aromatic rings. The average Bonchev–Trinajstić information content (AvgIpc) is 3.05. The first-order valence-electron chi connectivity index (χ1n) is 7.26. The van der Waals surface area contributed by atoms with Crippen molar-refractivity contribution in [3.05, 3.63) is 59.9 Å². The molecule has 1 heterocycles. The van der Waals surface area contributed by atoms with Crippen molar-refractivity contribution in [1.82, 2.24) is 20.2 Å². The number of benzene rings is 2. The van der Waals surface area contributed by atoms with E-state index < -0.39 is 17.6 Å². The zero-order valence-corrected chi connectivity index (χ0v) is 12.7. The summed E-state index contributed by atoms with van der Waals surface area (Å²) in [4.78, 5) is 1.18. The topological polar surface area (TPSA) is 52.8 Å². The molecule has 0 atom stereocenters. The maximum atomic E-state index is 13.4. The van der Waals surface area contributed by atoms with Crippen molar-refractivity contribution in [2.45, 2.75) is 12.7 Å². The third-order valence-corrected chi connectivity index (χ3v) is 3.29. The Bertz CT molecular complexity index is 863. The van der Waals surface area contributed by atoms with Crippen molar-refractivity contribution in [2.75, 3.05) is 6.61 Å². The van der Waals surface area contributed by atoms with E-state index >= 15 is 0 Å². The van der Waals surface area contributed by atoms with Crippen LogP contribution in [0.5, 0.6) is 5.75 Å². The molecule has 1 aromatic heterocycles. The van der Waals surface area contributed by atoms with Crippen molar-refractivity contribution < 1.29 is 22.3 Å². The van der Waals surface area contributed by atoms with Crippen LogP contribution in [0, 0.1) is 5.82 Å². The van der Waals surface area contributed by atoms with Gasteiger partial charge in [-0.05, 0) is 29.5 Å². The number of aromatic nitrogens is 4. The highest BCUT2D eigenvalue weighted by Crippen LogP contribution is 2.31. The molecule has 2 aromatic carbocycles. The molecule has 0 aliphatic rings. The Kier molecular flexibility index (Phi) is 4.64. The van der Waals surface area contributed by atoms with Gasteiger partial charge in [0.25, 0.3) is 0 Å². The zero-order valence-electron chi connectivity index (χ0n) is 12.7. The van der Waals surface area contributed by atoms with Crippen LogP contribution in [0.3, 0.4) is 0 Å². The Morgan fingerprint density at radius 3 is 2.60 bits per heavy atom. The van der Waals surface area contributed by atoms with Gasteiger partial charge in [-0.1, -0.05) is 24.3 Å². The molecule has 0 fully saturated rings. The minimum Gasteiger partial charge on any atom is -0.489 e. The summed E-state index contributed by atoms with van der Waals surface area (Å²) in [5.41, 5.74) is -0.583. The summed E-state index contributed by atoms with van der Waals surface area (Å²) in [7, 11) is 0. The average molecular weight is 352 g/mol. The fourth-order valence-corrected chi connectivity index (χ4v) is 2.09. The summed E-state index contributed by atoms with van der Waals surface area (Å²) < 4.78 is 56.9. The van der Waals surface area contributed by atoms with Crippen LogP contribution in [-0.2, 0) is 12.7 Å². The molecule has 0 aliphatic carbocycles. The maximum absolute atomic E-state index is 13.4. The second-order valence-electron chi connectivity index (χ2n) is 5.07. The van der Waals surface area contributed by atoms with Gasteiger partial charge in [0.15, 0.2) is 11.6 Å². The van der Waals surface area contributed by atoms with Gasteiger partial charge in [0.05, 0.1) is 12.1 Å². The van der Waals surface area contributed by atoms with Gasteiger partial charge >= 0.3 is 6.18 Å². The second kappa shape index (κ2) is 6.88. The Morgan fingerprint density at radius 1 is 1.04 bits per heavy atom. The van der Waals surface area contributed by atoms with Crippen LogP contribution in [0.25, 0.3) is 11.4 Å². The second-order valence-corrected chi connectivity index (χ2v) is 5.07. The van der Waals surface area contributed by atoms with Crippen LogP contribution < -0.4 is 4.74 Å². The van der Waals surface area contributed by atoms with Crippen molar-refractivity contribution in [2.24, 2.45) is 0 Å². The smallest absolute Gasteiger partial charge is 0.416 e. The van der Waals surface area contributed by atoms with Crippen LogP contribution in [0.4, 0.5) is 17.6 Å². The number of halogens is 4. The molecule has 0 radical (unpaired) electrons. The van der Waals surface area contributed by atoms with E-state index in [1.165, 1.54) is 29.1 Å². The van der Waals surface area contributed by atoms with E-state index in [2.05, 4.69) is 15.4 Å². The highest BCUT2D eigenvalue weighted by atomic mass is 19.4. The lowest BCUT2D eigenvalue weighted by molar-refractivity contribution is -0.137. The van der Waals surface area contributed by atoms with E-state index in [1.54, 1.807) is 12.1 Å². The van der Waals surface area contributed by atoms with Crippen molar-refractivity contribution in [1.29, 1.82) is 0 Å². The van der Waals surface area contributed by atoms with E-state index in [0.717, 1.165) is 12.1 Å². The third kappa shape index (κ3) is 4.11. The summed E-state index contributed by atoms with van der Waals surface area (Å²) in [6.45, 7) is 0.250. The predicted octanol–water partition coefficient (Wildman–Crippen LogP) is 3.58. The van der Waals surface area contributed by atoms with Crippen LogP contribution in [-0.4, -0.2) is 26.8 Å². The number of nitrogens with zero attached hydrogens (tertiary/aromatic N) is 4. The molecule has 0 unspecified atom stereocenters. The molecule has 25 heavy (non-hydrogen) atoms. The molecule has 0 spiro atoms. The minimum atomic E-state index is -4.44. The van der Waals surface area contributed by atoms with Crippen molar-refractivity contribution in [3.63, 3.8) is 0 Å². The van der Waals surface area contributed by atoms with Gasteiger partial charge in [-0.15, -0.1) is 10.2 Å². The molecule has 0 saturated heterocycles. The first-order chi connectivity index (χ1) is 11.9. The van der Waals surface area contributed by atoms with Crippen molar-refractivity contribution in [3.8, 4) is 17.1 Å². The van der Waals surface area contributed by atoms with Crippen LogP contribution in [0.2, 0.25) is 0 Å². The van der Waals surface area contributed by atoms with E-state index in [4.69, 9.17) is 4.74 Å². The summed E-state index contributed by atoms with van der Waals surface area (Å²) in [6, 6.07) is 10.6. The molecule has 9 heteroatoms. The van der Waals surface area contributed by atoms with Crippen LogP contribution >= 0.6 is 0 Å². The molecule has 0 N–H and O–H groups in total. The molecule has 0 saturated carbocycles. The molecular formula is C16H12F4N4O. The first-order valence-corrected chi connectivity index (χ1v) is 7.26. The number of hydrogen-bond donors (Lipinski definition) is 0. The van der Waals surface area contributed by atoms with E-state index in [-0.39, 0.29) is 30.3 Å². The van der Waals surface area contributed by atoms with Crippen molar-refractivity contribution >= 4 is 0 Å². The van der Waals surface area contributed by atoms with E-state index in [0.29, 0.717) is 0 Å². The maximum Gasteiger partial charge on any atom is 0.416 e. The fourth-order valence-electron chi connectivity index (χ4n) is 2.09. The molecule has 0 aliphatic heterocycles. The van der Waals surface area contributed by atoms with Crippen LogP contribution in [0.1, 0.15) is 5.56 Å². The quantitative estimate of drug-likeness (QED) is 0.659. The van der Waals surface area contributed by atoms with Gasteiger partial charge < -0.3 is 4.74 Å². The SMILES string of the molecule is Fc1ccccc1OCCn1nnc(-c2cccc(C(F)(F)F)c2)n1. The lowest BCUT2D eigenvalue weighted by atomic mass is 10.1. The third-order valence-electron chi connectivity index (χ3n) is 3.29. The van der Waals surface area contributed by atoms with Gasteiger partial charge in [0.2, 0.25) is 5.82 Å². The Morgan fingerprint density at radius 2 is 1.84 bits per heavy atom. The fraction of sp³-hybridized carbons (Fsp3) is 0.188. The largest absolute Gasteiger partial charge is 0.489 e. The number of tetrazole rings is 1. The van der Waals surface area contributed by atoms with Gasteiger partial charge in [0.1, 0.15) is 6.61 Å². The number of alkyl halides is 3. The highest BCUT2D eigenvalue weighted by Gasteiger charge is 2.30. The monoisotopic (exact) mass is 352 g/mol. The molecule has 3 rings (SSSR count). The zero-order chi connectivity index (χ0) is 17.9. The summed E-state index contributed by atoms with van der Waals surface area (Å²) in [5.74, 6) is -0.323. The Balaban J connectivity index is 1.66. The number of hydrogen-bond acceptors (Lipinski definition) is 4. The highest BCUT2D eigenvalue weighted by molar-refractivity contribution is 5.55. The van der Waals surface area contributed by atoms with Crippen LogP contribution in [0.15, 0.2) is 48.5 Å². The van der Waals surface area contributed by atoms with Gasteiger partial charge in [0, 0.05) is 5.56 Å². The Hall–Kier alpha value is -2.97. The lowest BCUT2D eigenvalue weighted by Crippen LogP contribution is -2.11. The van der Waals surface area contributed by atoms with E-state index in [9.17, 15) is 17.6 Å². The van der Waals surface area contributed by atoms with Gasteiger partial charge in [-0.3, -0.25) is 0 Å². The summed E-state index contributed by atoms with van der Waals surface area (Å²) in [5, 5.41) is 11.5. The van der Waals surface area contributed by atoms with E-state index in [1.807, 2.05) is 0 Å². The Labute approximate surface area is 139 Å². The summed E-state index contributed by atoms with van der Waals surface area (Å²) in [6.07, 6.45) is -4.44. The predicted molar refractivity (Wildman–Crippen MR) is 80.2 cm³/mol. The standard InChI is InChI=1S/C16H12F4N4O/c17-13-6-1-2-7-14(13)25-9-8-24-22-15(21-23-24)11-4-3-5-12(10-11)16(18,19)20/h1-7,10H,8-9H2. The molecule has 0 amide bonds. The summed E-state index contributed by atoms with van der Waals surface area (Å²) >= 11 is 0. The normalized spacial score (nSPS) is 11.5. The molecular weight excluding hydrogens is 340 g/mol. The number of ether oxygens (including phenoxy) is 1. The molecule has 0 bridgehead atoms. The number of para-hydroxylation sites is 1. The molecule has 5 nitrogen and oxygen atoms in total. The van der Waals surface area contributed by atoms with Gasteiger partial charge in [-0.25, -0.2) is 4.39 Å².